The first-order valence-corrected chi connectivity index (χ1v) is 11.9. The van der Waals surface area contributed by atoms with Gasteiger partial charge in [-0.15, -0.1) is 11.3 Å². The van der Waals surface area contributed by atoms with E-state index in [1.165, 1.54) is 4.68 Å². The summed E-state index contributed by atoms with van der Waals surface area (Å²) in [4.78, 5) is 30.8. The van der Waals surface area contributed by atoms with E-state index in [9.17, 15) is 9.59 Å². The minimum atomic E-state index is -0.664. The average molecular weight is 463 g/mol. The molecule has 0 bridgehead atoms. The monoisotopic (exact) mass is 462 g/mol. The Hall–Kier alpha value is -3.39. The molecule has 1 aliphatic rings. The van der Waals surface area contributed by atoms with Crippen molar-refractivity contribution in [1.29, 1.82) is 0 Å². The number of carbonyl (C=O) groups is 1. The van der Waals surface area contributed by atoms with Crippen molar-refractivity contribution in [3.63, 3.8) is 0 Å². The van der Waals surface area contributed by atoms with Crippen molar-refractivity contribution in [2.24, 2.45) is 0 Å². The number of aryl methyl sites for hydroxylation is 1. The molecule has 1 unspecified atom stereocenters. The third-order valence-electron chi connectivity index (χ3n) is 6.34. The fourth-order valence-electron chi connectivity index (χ4n) is 4.50. The molecule has 1 aliphatic heterocycles. The first-order chi connectivity index (χ1) is 16.0. The van der Waals surface area contributed by atoms with Crippen molar-refractivity contribution in [1.82, 2.24) is 14.7 Å². The predicted octanol–water partition coefficient (Wildman–Crippen LogP) is 3.84. The zero-order valence-electron chi connectivity index (χ0n) is 18.9. The van der Waals surface area contributed by atoms with Crippen molar-refractivity contribution < 1.29 is 9.53 Å². The number of carbonyl (C=O) groups excluding carboxylic acids is 1. The van der Waals surface area contributed by atoms with E-state index < -0.39 is 6.04 Å². The summed E-state index contributed by atoms with van der Waals surface area (Å²) in [5, 5.41) is 6.12. The van der Waals surface area contributed by atoms with Crippen molar-refractivity contribution in [2.45, 2.75) is 19.9 Å². The maximum atomic E-state index is 13.4. The van der Waals surface area contributed by atoms with Crippen molar-refractivity contribution in [2.75, 3.05) is 38.2 Å². The molecule has 0 saturated carbocycles. The Labute approximate surface area is 195 Å². The van der Waals surface area contributed by atoms with Crippen LogP contribution >= 0.6 is 11.3 Å². The zero-order valence-corrected chi connectivity index (χ0v) is 19.8. The molecule has 7 nitrogen and oxygen atoms in total. The second-order valence-electron chi connectivity index (χ2n) is 8.33. The van der Waals surface area contributed by atoms with Crippen LogP contribution in [-0.4, -0.2) is 53.9 Å². The molecule has 1 saturated heterocycles. The minimum absolute atomic E-state index is 0.0758. The predicted molar refractivity (Wildman–Crippen MR) is 133 cm³/mol. The molecular weight excluding hydrogens is 436 g/mol. The number of methoxy groups -OCH3 is 1. The molecule has 2 aromatic carbocycles. The summed E-state index contributed by atoms with van der Waals surface area (Å²) in [5.74, 6) is 0.741. The number of anilines is 1. The van der Waals surface area contributed by atoms with Gasteiger partial charge in [0.05, 0.1) is 22.9 Å². The number of amides is 1. The fraction of sp³-hybridized carbons (Fsp3) is 0.320. The smallest absolute Gasteiger partial charge is 0.276 e. The van der Waals surface area contributed by atoms with Crippen molar-refractivity contribution >= 4 is 43.1 Å². The standard InChI is InChI=1S/C25H26N4O3S/c1-16-23-22(20-9-4-5-10-21(20)33-23)25(31)29(26-16)17(2)24(30)28-13-11-27(12-14-28)18-7-6-8-19(15-18)32-3/h4-10,15,17H,11-14H2,1-3H3. The minimum Gasteiger partial charge on any atom is -0.497 e. The summed E-state index contributed by atoms with van der Waals surface area (Å²) in [6.07, 6.45) is 0. The maximum Gasteiger partial charge on any atom is 0.276 e. The van der Waals surface area contributed by atoms with E-state index >= 15 is 0 Å². The Morgan fingerprint density at radius 2 is 1.85 bits per heavy atom. The lowest BCUT2D eigenvalue weighted by Crippen LogP contribution is -2.51. The Morgan fingerprint density at radius 3 is 2.61 bits per heavy atom. The molecule has 0 spiro atoms. The van der Waals surface area contributed by atoms with E-state index in [1.54, 1.807) is 25.4 Å². The molecule has 1 fully saturated rings. The van der Waals surface area contributed by atoms with Gasteiger partial charge in [0.15, 0.2) is 0 Å². The van der Waals surface area contributed by atoms with Crippen LogP contribution in [0.3, 0.4) is 0 Å². The summed E-state index contributed by atoms with van der Waals surface area (Å²) < 4.78 is 8.64. The molecule has 33 heavy (non-hydrogen) atoms. The van der Waals surface area contributed by atoms with Crippen LogP contribution in [0.2, 0.25) is 0 Å². The van der Waals surface area contributed by atoms with Crippen LogP contribution in [-0.2, 0) is 4.79 Å². The second-order valence-corrected chi connectivity index (χ2v) is 9.38. The lowest BCUT2D eigenvalue weighted by atomic mass is 10.1. The van der Waals surface area contributed by atoms with Crippen LogP contribution in [0.25, 0.3) is 20.2 Å². The van der Waals surface area contributed by atoms with E-state index in [0.717, 1.165) is 45.0 Å². The second kappa shape index (κ2) is 8.51. The van der Waals surface area contributed by atoms with E-state index in [4.69, 9.17) is 4.74 Å². The quantitative estimate of drug-likeness (QED) is 0.461. The van der Waals surface area contributed by atoms with Gasteiger partial charge in [0.1, 0.15) is 11.8 Å². The van der Waals surface area contributed by atoms with Gasteiger partial charge in [-0.1, -0.05) is 24.3 Å². The van der Waals surface area contributed by atoms with Gasteiger partial charge in [0.25, 0.3) is 5.56 Å². The molecule has 1 amide bonds. The van der Waals surface area contributed by atoms with Crippen LogP contribution < -0.4 is 15.2 Å². The first kappa shape index (κ1) is 21.5. The third-order valence-corrected chi connectivity index (χ3v) is 7.62. The van der Waals surface area contributed by atoms with Gasteiger partial charge >= 0.3 is 0 Å². The highest BCUT2D eigenvalue weighted by Crippen LogP contribution is 2.33. The Kier molecular flexibility index (Phi) is 5.54. The topological polar surface area (TPSA) is 67.7 Å². The highest BCUT2D eigenvalue weighted by atomic mass is 32.1. The van der Waals surface area contributed by atoms with Gasteiger partial charge in [0, 0.05) is 48.0 Å². The van der Waals surface area contributed by atoms with Gasteiger partial charge < -0.3 is 14.5 Å². The zero-order chi connectivity index (χ0) is 23.1. The van der Waals surface area contributed by atoms with Crippen molar-refractivity contribution in [3.05, 3.63) is 64.6 Å². The lowest BCUT2D eigenvalue weighted by Gasteiger charge is -2.37. The molecule has 2 aromatic heterocycles. The normalized spacial score (nSPS) is 15.2. The molecule has 0 aliphatic carbocycles. The van der Waals surface area contributed by atoms with Crippen LogP contribution in [0.5, 0.6) is 5.75 Å². The van der Waals surface area contributed by atoms with Gasteiger partial charge in [-0.3, -0.25) is 9.59 Å². The van der Waals surface area contributed by atoms with Gasteiger partial charge in [0.2, 0.25) is 5.91 Å². The van der Waals surface area contributed by atoms with Gasteiger partial charge in [-0.2, -0.15) is 5.10 Å². The number of benzene rings is 2. The van der Waals surface area contributed by atoms with Crippen LogP contribution in [0.1, 0.15) is 18.7 Å². The fourth-order valence-corrected chi connectivity index (χ4v) is 5.64. The summed E-state index contributed by atoms with van der Waals surface area (Å²) in [6.45, 7) is 6.31. The molecule has 0 N–H and O–H groups in total. The molecular formula is C25H26N4O3S. The first-order valence-electron chi connectivity index (χ1n) is 11.1. The maximum absolute atomic E-state index is 13.4. The summed E-state index contributed by atoms with van der Waals surface area (Å²) in [7, 11) is 1.66. The number of thiophene rings is 1. The Bertz CT molecular complexity index is 1400. The van der Waals surface area contributed by atoms with E-state index in [2.05, 4.69) is 16.1 Å². The van der Waals surface area contributed by atoms with E-state index in [-0.39, 0.29) is 11.5 Å². The molecule has 0 radical (unpaired) electrons. The molecule has 1 atom stereocenters. The molecule has 5 rings (SSSR count). The van der Waals surface area contributed by atoms with Gasteiger partial charge in [-0.05, 0) is 32.0 Å². The molecule has 4 aromatic rings. The molecule has 3 heterocycles. The Morgan fingerprint density at radius 1 is 1.09 bits per heavy atom. The average Bonchev–Trinajstić information content (AvgIpc) is 3.26. The van der Waals surface area contributed by atoms with E-state index in [0.29, 0.717) is 18.5 Å². The summed E-state index contributed by atoms with van der Waals surface area (Å²) >= 11 is 1.57. The van der Waals surface area contributed by atoms with Crippen LogP contribution in [0.4, 0.5) is 5.69 Å². The largest absolute Gasteiger partial charge is 0.497 e. The van der Waals surface area contributed by atoms with Crippen LogP contribution in [0, 0.1) is 6.92 Å². The van der Waals surface area contributed by atoms with Gasteiger partial charge in [-0.25, -0.2) is 4.68 Å². The highest BCUT2D eigenvalue weighted by Gasteiger charge is 2.28. The number of piperazine rings is 1. The number of fused-ring (bicyclic) bond motifs is 3. The Balaban J connectivity index is 1.38. The molecule has 170 valence electrons. The number of hydrogen-bond donors (Lipinski definition) is 0. The number of aromatic nitrogens is 2. The molecule has 8 heteroatoms. The van der Waals surface area contributed by atoms with E-state index in [1.807, 2.05) is 54.3 Å². The van der Waals surface area contributed by atoms with Crippen molar-refractivity contribution in [3.8, 4) is 5.75 Å². The number of ether oxygens (including phenoxy) is 1. The summed E-state index contributed by atoms with van der Waals surface area (Å²) in [5.41, 5.74) is 1.65. The number of nitrogens with zero attached hydrogens (tertiary/aromatic N) is 4. The number of hydrogen-bond acceptors (Lipinski definition) is 6. The SMILES string of the molecule is COc1cccc(N2CCN(C(=O)C(C)n3nc(C)c4sc5ccccc5c4c3=O)CC2)c1. The summed E-state index contributed by atoms with van der Waals surface area (Å²) in [6, 6.07) is 15.2. The third kappa shape index (κ3) is 3.74. The van der Waals surface area contributed by atoms with Crippen LogP contribution in [0.15, 0.2) is 53.3 Å². The number of rotatable bonds is 4. The lowest BCUT2D eigenvalue weighted by molar-refractivity contribution is -0.135. The highest BCUT2D eigenvalue weighted by molar-refractivity contribution is 7.26.